The molecule has 4 amide bonds. The van der Waals surface area contributed by atoms with Gasteiger partial charge in [-0.05, 0) is 83.5 Å². The summed E-state index contributed by atoms with van der Waals surface area (Å²) in [7, 11) is -4.15. The zero-order chi connectivity index (χ0) is 34.8. The van der Waals surface area contributed by atoms with E-state index < -0.39 is 42.9 Å². The maximum absolute atomic E-state index is 13.8. The van der Waals surface area contributed by atoms with Gasteiger partial charge in [0, 0.05) is 31.5 Å². The highest BCUT2D eigenvalue weighted by atomic mass is 31.2. The van der Waals surface area contributed by atoms with E-state index in [4.69, 9.17) is 13.8 Å². The van der Waals surface area contributed by atoms with Crippen LogP contribution in [0.4, 0.5) is 4.79 Å². The molecule has 1 spiro atoms. The lowest BCUT2D eigenvalue weighted by atomic mass is 9.82. The molecule has 3 rings (SSSR count). The number of hydrogen-bond acceptors (Lipinski definition) is 9. The van der Waals surface area contributed by atoms with Gasteiger partial charge in [-0.25, -0.2) is 4.79 Å². The number of likely N-dealkylation sites (tertiary alicyclic amines) is 1. The second kappa shape index (κ2) is 17.9. The molecular weight excluding hydrogens is 627 g/mol. The quantitative estimate of drug-likeness (QED) is 0.159. The molecule has 2 heterocycles. The molecule has 0 aromatic carbocycles. The number of aliphatic hydroxyl groups excluding tert-OH is 1. The van der Waals surface area contributed by atoms with Crippen LogP contribution in [0.15, 0.2) is 4.99 Å². The number of aliphatic hydroxyl groups is 1. The highest BCUT2D eigenvalue weighted by Gasteiger charge is 2.49. The van der Waals surface area contributed by atoms with Crippen molar-refractivity contribution in [2.75, 3.05) is 26.3 Å². The number of rotatable bonds is 15. The number of carbonyl (C=O) groups is 4. The Labute approximate surface area is 279 Å². The van der Waals surface area contributed by atoms with E-state index in [1.54, 1.807) is 18.7 Å². The van der Waals surface area contributed by atoms with Crippen LogP contribution in [-0.2, 0) is 32.7 Å². The van der Waals surface area contributed by atoms with E-state index in [1.165, 1.54) is 6.92 Å². The van der Waals surface area contributed by atoms with Crippen LogP contribution in [0.3, 0.4) is 0 Å². The van der Waals surface area contributed by atoms with Crippen LogP contribution in [0, 0.1) is 17.8 Å². The summed E-state index contributed by atoms with van der Waals surface area (Å²) < 4.78 is 30.2. The standard InChI is InChI=1S/C33H57N4O9P/c1-7-10-24-11-13-26(14-12-24)46-32(42)35-27(19-22(4)5)30(40)34-28(31(41)47(43,44-8-2)45-9-3)20-25-21-33(36-29(25)39)15-17-37(18-16-33)23(6)38/h22,24-26,28,31,41H,7-21H2,1-6H3,(H,34,40)(H,36,39)/b35-27+. The molecule has 2 saturated heterocycles. The van der Waals surface area contributed by atoms with Crippen molar-refractivity contribution < 1.29 is 42.6 Å². The Morgan fingerprint density at radius 3 is 2.23 bits per heavy atom. The van der Waals surface area contributed by atoms with Crippen molar-refractivity contribution in [3.8, 4) is 0 Å². The zero-order valence-corrected chi connectivity index (χ0v) is 30.0. The van der Waals surface area contributed by atoms with E-state index >= 15 is 0 Å². The lowest BCUT2D eigenvalue weighted by molar-refractivity contribution is -0.130. The molecule has 0 bridgehead atoms. The minimum atomic E-state index is -4.15. The Morgan fingerprint density at radius 2 is 1.70 bits per heavy atom. The summed E-state index contributed by atoms with van der Waals surface area (Å²) in [6, 6.07) is -1.23. The Balaban J connectivity index is 1.80. The van der Waals surface area contributed by atoms with Gasteiger partial charge in [0.25, 0.3) is 5.91 Å². The van der Waals surface area contributed by atoms with Gasteiger partial charge in [0.1, 0.15) is 11.8 Å². The predicted octanol–water partition coefficient (Wildman–Crippen LogP) is 4.95. The van der Waals surface area contributed by atoms with Crippen molar-refractivity contribution in [2.24, 2.45) is 22.7 Å². The van der Waals surface area contributed by atoms with E-state index in [0.29, 0.717) is 38.3 Å². The molecule has 0 aromatic heterocycles. The molecule has 3 fully saturated rings. The monoisotopic (exact) mass is 684 g/mol. The van der Waals surface area contributed by atoms with Crippen LogP contribution in [0.25, 0.3) is 0 Å². The first kappa shape index (κ1) is 39.1. The van der Waals surface area contributed by atoms with E-state index in [1.807, 2.05) is 13.8 Å². The number of aliphatic imine (C=N–C) groups is 1. The number of hydrogen-bond donors (Lipinski definition) is 3. The molecule has 0 radical (unpaired) electrons. The Kier molecular flexibility index (Phi) is 14.9. The molecule has 2 aliphatic heterocycles. The fourth-order valence-corrected chi connectivity index (χ4v) is 8.87. The van der Waals surface area contributed by atoms with Crippen LogP contribution < -0.4 is 10.6 Å². The Hall–Kier alpha value is -2.34. The Morgan fingerprint density at radius 1 is 1.09 bits per heavy atom. The summed E-state index contributed by atoms with van der Waals surface area (Å²) in [6.07, 6.45) is 6.36. The molecule has 13 nitrogen and oxygen atoms in total. The molecule has 3 aliphatic rings. The van der Waals surface area contributed by atoms with Crippen LogP contribution in [-0.4, -0.2) is 89.4 Å². The highest BCUT2D eigenvalue weighted by molar-refractivity contribution is 7.54. The largest absolute Gasteiger partial charge is 0.445 e. The molecule has 47 heavy (non-hydrogen) atoms. The third kappa shape index (κ3) is 11.1. The lowest BCUT2D eigenvalue weighted by Crippen LogP contribution is -2.51. The molecule has 3 atom stereocenters. The number of ether oxygens (including phenoxy) is 1. The van der Waals surface area contributed by atoms with Crippen molar-refractivity contribution in [1.29, 1.82) is 0 Å². The fraction of sp³-hybridized carbons (Fsp3) is 0.848. The summed E-state index contributed by atoms with van der Waals surface area (Å²) in [5.74, 6) is -2.82. The van der Waals surface area contributed by atoms with Gasteiger partial charge in [0.05, 0.1) is 19.3 Å². The normalized spacial score (nSPS) is 24.6. The number of piperidine rings is 1. The van der Waals surface area contributed by atoms with E-state index in [2.05, 4.69) is 22.5 Å². The first-order chi connectivity index (χ1) is 22.2. The third-order valence-electron chi connectivity index (χ3n) is 9.57. The van der Waals surface area contributed by atoms with Gasteiger partial charge in [-0.1, -0.05) is 33.6 Å². The second-order valence-corrected chi connectivity index (χ2v) is 15.9. The van der Waals surface area contributed by atoms with E-state index in [9.17, 15) is 28.8 Å². The van der Waals surface area contributed by atoms with Crippen LogP contribution in [0.5, 0.6) is 0 Å². The zero-order valence-electron chi connectivity index (χ0n) is 29.1. The summed E-state index contributed by atoms with van der Waals surface area (Å²) in [5.41, 5.74) is -0.589. The van der Waals surface area contributed by atoms with E-state index in [0.717, 1.165) is 38.5 Å². The topological polar surface area (TPSA) is 173 Å². The van der Waals surface area contributed by atoms with Crippen LogP contribution >= 0.6 is 7.60 Å². The first-order valence-corrected chi connectivity index (χ1v) is 19.1. The summed E-state index contributed by atoms with van der Waals surface area (Å²) in [6.45, 7) is 11.7. The van der Waals surface area contributed by atoms with Crippen molar-refractivity contribution >= 4 is 37.1 Å². The van der Waals surface area contributed by atoms with Crippen molar-refractivity contribution in [1.82, 2.24) is 15.5 Å². The maximum Gasteiger partial charge on any atom is 0.434 e. The first-order valence-electron chi connectivity index (χ1n) is 17.5. The minimum absolute atomic E-state index is 0.0130. The number of nitrogens with one attached hydrogen (secondary N) is 2. The van der Waals surface area contributed by atoms with Crippen molar-refractivity contribution in [3.05, 3.63) is 0 Å². The molecule has 268 valence electrons. The molecule has 0 aromatic rings. The predicted molar refractivity (Wildman–Crippen MR) is 178 cm³/mol. The van der Waals surface area contributed by atoms with Crippen molar-refractivity contribution in [2.45, 2.75) is 136 Å². The molecule has 1 aliphatic carbocycles. The molecule has 14 heteroatoms. The van der Waals surface area contributed by atoms with Gasteiger partial charge in [0.2, 0.25) is 11.8 Å². The average Bonchev–Trinajstić information content (AvgIpc) is 3.30. The molecule has 3 N–H and O–H groups in total. The van der Waals surface area contributed by atoms with E-state index in [-0.39, 0.29) is 55.6 Å². The summed E-state index contributed by atoms with van der Waals surface area (Å²) in [5, 5.41) is 17.3. The molecule has 1 saturated carbocycles. The smallest absolute Gasteiger partial charge is 0.434 e. The van der Waals surface area contributed by atoms with Gasteiger partial charge in [-0.2, -0.15) is 4.99 Å². The van der Waals surface area contributed by atoms with Crippen molar-refractivity contribution in [3.63, 3.8) is 0 Å². The minimum Gasteiger partial charge on any atom is -0.445 e. The van der Waals surface area contributed by atoms with Gasteiger partial charge in [0.15, 0.2) is 5.85 Å². The SMILES string of the molecule is CCCC1CCC(OC(=O)/N=C(\CC(C)C)C(=O)NC(CC2CC3(CCN(C(C)=O)CC3)NC2=O)C(O)P(=O)(OCC)OCC)CC1. The molecule has 3 unspecified atom stereocenters. The Bertz CT molecular complexity index is 1150. The average molecular weight is 685 g/mol. The summed E-state index contributed by atoms with van der Waals surface area (Å²) in [4.78, 5) is 57.6. The van der Waals surface area contributed by atoms with Gasteiger partial charge in [-0.3, -0.25) is 18.9 Å². The third-order valence-corrected chi connectivity index (χ3v) is 11.8. The van der Waals surface area contributed by atoms with Crippen LogP contribution in [0.2, 0.25) is 0 Å². The highest BCUT2D eigenvalue weighted by Crippen LogP contribution is 2.54. The maximum atomic E-state index is 13.8. The van der Waals surface area contributed by atoms with Gasteiger partial charge >= 0.3 is 13.7 Å². The second-order valence-electron chi connectivity index (χ2n) is 13.8. The molecular formula is C33H57N4O9P. The number of carbonyl (C=O) groups excluding carboxylic acids is 4. The van der Waals surface area contributed by atoms with Crippen LogP contribution in [0.1, 0.15) is 112 Å². The fourth-order valence-electron chi connectivity index (χ4n) is 7.13. The van der Waals surface area contributed by atoms with Gasteiger partial charge in [-0.15, -0.1) is 0 Å². The number of nitrogens with zero attached hydrogens (tertiary/aromatic N) is 2. The lowest BCUT2D eigenvalue weighted by Gasteiger charge is -2.39. The number of amides is 4. The summed E-state index contributed by atoms with van der Waals surface area (Å²) >= 11 is 0. The van der Waals surface area contributed by atoms with Gasteiger partial charge < -0.3 is 34.4 Å².